The summed E-state index contributed by atoms with van der Waals surface area (Å²) >= 11 is 16.2. The van der Waals surface area contributed by atoms with Crippen LogP contribution >= 0.6 is 39.1 Å². The molecule has 2 atom stereocenters. The number of nitrogens with zero attached hydrogens (tertiary/aromatic N) is 2. The first-order valence-electron chi connectivity index (χ1n) is 9.54. The molecule has 0 saturated carbocycles. The summed E-state index contributed by atoms with van der Waals surface area (Å²) in [4.78, 5) is 35.2. The fraction of sp³-hybridized carbons (Fsp3) is 0.273. The van der Waals surface area contributed by atoms with Gasteiger partial charge in [0, 0.05) is 40.0 Å². The first-order valence-corrected chi connectivity index (χ1v) is 11.1. The van der Waals surface area contributed by atoms with Crippen LogP contribution in [0.25, 0.3) is 0 Å². The third kappa shape index (κ3) is 3.96. The number of rotatable bonds is 3. The summed E-state index contributed by atoms with van der Waals surface area (Å²) < 4.78 is 0.807. The van der Waals surface area contributed by atoms with E-state index in [2.05, 4.69) is 31.2 Å². The van der Waals surface area contributed by atoms with Gasteiger partial charge in [0.15, 0.2) is 5.78 Å². The topological polar surface area (TPSA) is 71.4 Å². The van der Waals surface area contributed by atoms with Gasteiger partial charge in [-0.3, -0.25) is 14.6 Å². The molecular weight excluding hydrogens is 489 g/mol. The summed E-state index contributed by atoms with van der Waals surface area (Å²) in [6, 6.07) is 8.79. The molecule has 4 rings (SSSR count). The Morgan fingerprint density at radius 2 is 2.00 bits per heavy atom. The first kappa shape index (κ1) is 21.2. The van der Waals surface area contributed by atoms with E-state index in [9.17, 15) is 9.59 Å². The standard InChI is InChI=1S/C22H18BrCl2N3O2/c1-11-18(22(30)28-17-9-8-12(23)10-26-17)19(13-4-2-5-14(24)21(13)25)20-15(27-11)6-3-7-16(20)29/h2,4-5,8-10,18-19H,3,6-7H2,1H3,(H,26,28,30). The Morgan fingerprint density at radius 3 is 2.73 bits per heavy atom. The lowest BCUT2D eigenvalue weighted by Gasteiger charge is -2.35. The zero-order valence-corrected chi connectivity index (χ0v) is 19.2. The quantitative estimate of drug-likeness (QED) is 0.557. The van der Waals surface area contributed by atoms with Crippen molar-refractivity contribution in [3.05, 3.63) is 67.9 Å². The predicted molar refractivity (Wildman–Crippen MR) is 122 cm³/mol. The highest BCUT2D eigenvalue weighted by molar-refractivity contribution is 9.10. The van der Waals surface area contributed by atoms with E-state index < -0.39 is 11.8 Å². The monoisotopic (exact) mass is 505 g/mol. The number of benzene rings is 1. The van der Waals surface area contributed by atoms with Crippen molar-refractivity contribution in [2.45, 2.75) is 32.1 Å². The number of carbonyl (C=O) groups excluding carboxylic acids is 2. The van der Waals surface area contributed by atoms with Crippen molar-refractivity contribution in [2.75, 3.05) is 5.32 Å². The number of aliphatic imine (C=N–C) groups is 1. The number of allylic oxidation sites excluding steroid dienone is 2. The molecule has 2 heterocycles. The number of pyridine rings is 1. The Bertz CT molecular complexity index is 1100. The molecule has 0 radical (unpaired) electrons. The van der Waals surface area contributed by atoms with Crippen LogP contribution in [0.3, 0.4) is 0 Å². The molecule has 2 aromatic rings. The highest BCUT2D eigenvalue weighted by atomic mass is 79.9. The maximum Gasteiger partial charge on any atom is 0.235 e. The van der Waals surface area contributed by atoms with Gasteiger partial charge in [0.05, 0.1) is 16.0 Å². The number of hydrogen-bond acceptors (Lipinski definition) is 4. The number of amides is 1. The van der Waals surface area contributed by atoms with Crippen molar-refractivity contribution < 1.29 is 9.59 Å². The zero-order valence-electron chi connectivity index (χ0n) is 16.1. The summed E-state index contributed by atoms with van der Waals surface area (Å²) in [7, 11) is 0. The Labute approximate surface area is 192 Å². The number of carbonyl (C=O) groups is 2. The molecule has 0 saturated heterocycles. The number of aromatic nitrogens is 1. The van der Waals surface area contributed by atoms with Gasteiger partial charge in [0.2, 0.25) is 5.91 Å². The van der Waals surface area contributed by atoms with Gasteiger partial charge in [0.25, 0.3) is 0 Å². The van der Waals surface area contributed by atoms with Crippen LogP contribution in [0.2, 0.25) is 10.0 Å². The summed E-state index contributed by atoms with van der Waals surface area (Å²) in [6.07, 6.45) is 3.50. The molecule has 5 nitrogen and oxygen atoms in total. The van der Waals surface area contributed by atoms with Crippen LogP contribution in [0.4, 0.5) is 5.82 Å². The molecule has 0 bridgehead atoms. The molecule has 1 aliphatic heterocycles. The van der Waals surface area contributed by atoms with Crippen molar-refractivity contribution in [3.63, 3.8) is 0 Å². The van der Waals surface area contributed by atoms with Gasteiger partial charge in [-0.15, -0.1) is 0 Å². The van der Waals surface area contributed by atoms with Crippen LogP contribution in [0.15, 0.2) is 57.3 Å². The van der Waals surface area contributed by atoms with E-state index in [-0.39, 0.29) is 11.7 Å². The number of nitrogens with one attached hydrogen (secondary N) is 1. The molecular formula is C22H18BrCl2N3O2. The lowest BCUT2D eigenvalue weighted by atomic mass is 9.71. The van der Waals surface area contributed by atoms with Crippen molar-refractivity contribution in [1.29, 1.82) is 0 Å². The second kappa shape index (κ2) is 8.61. The number of anilines is 1. The van der Waals surface area contributed by atoms with E-state index in [4.69, 9.17) is 23.2 Å². The lowest BCUT2D eigenvalue weighted by molar-refractivity contribution is -0.119. The Balaban J connectivity index is 1.81. The summed E-state index contributed by atoms with van der Waals surface area (Å²) in [5, 5.41) is 3.59. The van der Waals surface area contributed by atoms with E-state index in [0.717, 1.165) is 16.6 Å². The highest BCUT2D eigenvalue weighted by Gasteiger charge is 2.43. The minimum Gasteiger partial charge on any atom is -0.310 e. The highest BCUT2D eigenvalue weighted by Crippen LogP contribution is 2.46. The smallest absolute Gasteiger partial charge is 0.235 e. The van der Waals surface area contributed by atoms with Gasteiger partial charge < -0.3 is 5.32 Å². The van der Waals surface area contributed by atoms with Gasteiger partial charge in [-0.2, -0.15) is 0 Å². The average Bonchev–Trinajstić information content (AvgIpc) is 2.71. The van der Waals surface area contributed by atoms with Gasteiger partial charge in [-0.1, -0.05) is 35.3 Å². The molecule has 1 N–H and O–H groups in total. The van der Waals surface area contributed by atoms with Crippen LogP contribution in [0, 0.1) is 5.92 Å². The van der Waals surface area contributed by atoms with E-state index in [1.807, 2.05) is 13.0 Å². The normalized spacial score (nSPS) is 21.2. The number of hydrogen-bond donors (Lipinski definition) is 1. The summed E-state index contributed by atoms with van der Waals surface area (Å²) in [5.74, 6) is -1.12. The fourth-order valence-corrected chi connectivity index (χ4v) is 4.76. The van der Waals surface area contributed by atoms with Crippen molar-refractivity contribution in [2.24, 2.45) is 10.9 Å². The van der Waals surface area contributed by atoms with Gasteiger partial charge in [-0.25, -0.2) is 4.98 Å². The Morgan fingerprint density at radius 1 is 1.20 bits per heavy atom. The van der Waals surface area contributed by atoms with Crippen LogP contribution in [-0.4, -0.2) is 22.4 Å². The Hall–Kier alpha value is -2.02. The molecule has 30 heavy (non-hydrogen) atoms. The average molecular weight is 507 g/mol. The second-order valence-corrected chi connectivity index (χ2v) is 9.04. The van der Waals surface area contributed by atoms with Crippen molar-refractivity contribution >= 4 is 62.4 Å². The molecule has 1 aromatic carbocycles. The van der Waals surface area contributed by atoms with E-state index in [0.29, 0.717) is 45.6 Å². The zero-order chi connectivity index (χ0) is 21.4. The number of ketones is 1. The summed E-state index contributed by atoms with van der Waals surface area (Å²) in [5.41, 5.74) is 2.61. The van der Waals surface area contributed by atoms with Crippen molar-refractivity contribution in [1.82, 2.24) is 4.98 Å². The number of Topliss-reactive ketones (excluding diaryl/α,β-unsaturated/α-hetero) is 1. The molecule has 1 aromatic heterocycles. The van der Waals surface area contributed by atoms with E-state index in [1.54, 1.807) is 30.5 Å². The van der Waals surface area contributed by atoms with Gasteiger partial charge in [-0.05, 0) is 59.5 Å². The summed E-state index contributed by atoms with van der Waals surface area (Å²) in [6.45, 7) is 1.81. The molecule has 154 valence electrons. The molecule has 2 unspecified atom stereocenters. The first-order chi connectivity index (χ1) is 14.4. The third-order valence-electron chi connectivity index (χ3n) is 5.41. The fourth-order valence-electron chi connectivity index (χ4n) is 4.10. The maximum absolute atomic E-state index is 13.4. The number of halogens is 3. The molecule has 8 heteroatoms. The van der Waals surface area contributed by atoms with E-state index >= 15 is 0 Å². The lowest BCUT2D eigenvalue weighted by Crippen LogP contribution is -2.39. The van der Waals surface area contributed by atoms with E-state index in [1.165, 1.54) is 0 Å². The minimum absolute atomic E-state index is 0.00751. The van der Waals surface area contributed by atoms with Crippen LogP contribution in [-0.2, 0) is 9.59 Å². The largest absolute Gasteiger partial charge is 0.310 e. The Kier molecular flexibility index (Phi) is 6.09. The second-order valence-electron chi connectivity index (χ2n) is 7.34. The minimum atomic E-state index is -0.702. The third-order valence-corrected chi connectivity index (χ3v) is 6.71. The van der Waals surface area contributed by atoms with Crippen LogP contribution < -0.4 is 5.32 Å². The van der Waals surface area contributed by atoms with Crippen LogP contribution in [0.5, 0.6) is 0 Å². The van der Waals surface area contributed by atoms with Crippen LogP contribution in [0.1, 0.15) is 37.7 Å². The maximum atomic E-state index is 13.4. The molecule has 0 fully saturated rings. The SMILES string of the molecule is CC1=NC2=C(C(=O)CCC2)C(c2cccc(Cl)c2Cl)C1C(=O)Nc1ccc(Br)cn1. The molecule has 1 amide bonds. The van der Waals surface area contributed by atoms with Crippen molar-refractivity contribution in [3.8, 4) is 0 Å². The van der Waals surface area contributed by atoms with Gasteiger partial charge >= 0.3 is 0 Å². The molecule has 0 spiro atoms. The van der Waals surface area contributed by atoms with Gasteiger partial charge in [0.1, 0.15) is 5.82 Å². The molecule has 1 aliphatic carbocycles. The molecule has 2 aliphatic rings. The predicted octanol–water partition coefficient (Wildman–Crippen LogP) is 5.97.